The number of amides is 1. The number of nitrogens with zero attached hydrogens (tertiary/aromatic N) is 7. The van der Waals surface area contributed by atoms with Crippen LogP contribution in [0.2, 0.25) is 0 Å². The number of fused-ring (bicyclic) bond motifs is 1. The summed E-state index contributed by atoms with van der Waals surface area (Å²) in [4.78, 5) is 20.0. The Kier molecular flexibility index (Phi) is 5.60. The van der Waals surface area contributed by atoms with Crippen LogP contribution in [-0.4, -0.2) is 83.9 Å². The molecule has 5 heterocycles. The molecule has 1 atom stereocenters. The topological polar surface area (TPSA) is 99.8 Å². The van der Waals surface area contributed by atoms with Gasteiger partial charge in [-0.25, -0.2) is 0 Å². The van der Waals surface area contributed by atoms with Crippen molar-refractivity contribution in [1.82, 2.24) is 34.6 Å². The molecule has 1 N–H and O–H groups in total. The van der Waals surface area contributed by atoms with Crippen molar-refractivity contribution in [2.75, 3.05) is 32.7 Å². The quantitative estimate of drug-likeness (QED) is 0.666. The zero-order valence-electron chi connectivity index (χ0n) is 18.4. The van der Waals surface area contributed by atoms with E-state index in [2.05, 4.69) is 20.1 Å². The summed E-state index contributed by atoms with van der Waals surface area (Å²) in [5.74, 6) is 1.20. The average Bonchev–Trinajstić information content (AvgIpc) is 3.23. The number of piperidine rings is 2. The highest BCUT2D eigenvalue weighted by molar-refractivity contribution is 5.73. The van der Waals surface area contributed by atoms with Gasteiger partial charge in [-0.2, -0.15) is 9.61 Å². The van der Waals surface area contributed by atoms with Crippen LogP contribution in [0.25, 0.3) is 16.9 Å². The van der Waals surface area contributed by atoms with Crippen LogP contribution >= 0.6 is 0 Å². The molecule has 9 nitrogen and oxygen atoms in total. The van der Waals surface area contributed by atoms with Crippen LogP contribution in [0.4, 0.5) is 0 Å². The van der Waals surface area contributed by atoms with Crippen LogP contribution in [-0.2, 0) is 4.79 Å². The van der Waals surface area contributed by atoms with Gasteiger partial charge in [0, 0.05) is 43.9 Å². The molecule has 2 saturated heterocycles. The molecule has 2 aliphatic heterocycles. The van der Waals surface area contributed by atoms with Crippen molar-refractivity contribution >= 4 is 11.6 Å². The number of aromatic nitrogens is 5. The van der Waals surface area contributed by atoms with Gasteiger partial charge in [-0.3, -0.25) is 9.78 Å². The van der Waals surface area contributed by atoms with Crippen molar-refractivity contribution in [1.29, 1.82) is 0 Å². The second kappa shape index (κ2) is 8.55. The lowest BCUT2D eigenvalue weighted by molar-refractivity contribution is -0.137. The van der Waals surface area contributed by atoms with Gasteiger partial charge >= 0.3 is 0 Å². The van der Waals surface area contributed by atoms with Gasteiger partial charge < -0.3 is 14.9 Å². The van der Waals surface area contributed by atoms with Crippen molar-refractivity contribution in [3.8, 4) is 11.3 Å². The number of rotatable bonds is 4. The number of β-amino-alcohol motifs (C(OH)–C–C–N with tert-alkyl or cyclic N) is 1. The largest absolute Gasteiger partial charge is 0.387 e. The van der Waals surface area contributed by atoms with E-state index in [0.717, 1.165) is 68.0 Å². The molecule has 0 saturated carbocycles. The summed E-state index contributed by atoms with van der Waals surface area (Å²) in [6, 6.07) is 7.79. The van der Waals surface area contributed by atoms with Crippen molar-refractivity contribution in [3.63, 3.8) is 0 Å². The molecule has 5 rings (SSSR count). The molecule has 0 aromatic carbocycles. The first kappa shape index (κ1) is 21.0. The molecular weight excluding hydrogens is 406 g/mol. The van der Waals surface area contributed by atoms with Gasteiger partial charge in [0.1, 0.15) is 0 Å². The summed E-state index contributed by atoms with van der Waals surface area (Å²) in [6.07, 6.45) is 7.02. The standard InChI is InChI=1S/C23H29N7O2/c1-17(31)29-11-3-9-23(32,16-29)15-28-12-7-18(8-13-28)22-26-25-21-6-5-20(27-30(21)22)19-4-2-10-24-14-19/h2,4-6,10,14,18,32H,3,7-9,11-13,15-16H2,1H3. The molecule has 168 valence electrons. The number of carbonyl (C=O) groups is 1. The summed E-state index contributed by atoms with van der Waals surface area (Å²) < 4.78 is 1.86. The van der Waals surface area contributed by atoms with E-state index in [9.17, 15) is 9.90 Å². The lowest BCUT2D eigenvalue weighted by atomic mass is 9.90. The monoisotopic (exact) mass is 435 g/mol. The van der Waals surface area contributed by atoms with Crippen LogP contribution in [0.5, 0.6) is 0 Å². The third-order valence-corrected chi connectivity index (χ3v) is 6.72. The minimum absolute atomic E-state index is 0.0404. The van der Waals surface area contributed by atoms with Crippen molar-refractivity contribution in [2.24, 2.45) is 0 Å². The van der Waals surface area contributed by atoms with Gasteiger partial charge in [-0.15, -0.1) is 10.2 Å². The second-order valence-electron chi connectivity index (χ2n) is 9.11. The Balaban J connectivity index is 1.27. The summed E-state index contributed by atoms with van der Waals surface area (Å²) in [5.41, 5.74) is 1.73. The summed E-state index contributed by atoms with van der Waals surface area (Å²) in [5, 5.41) is 24.7. The van der Waals surface area contributed by atoms with E-state index in [-0.39, 0.29) is 11.8 Å². The highest BCUT2D eigenvalue weighted by Crippen LogP contribution is 2.30. The Morgan fingerprint density at radius 1 is 1.19 bits per heavy atom. The van der Waals surface area contributed by atoms with E-state index in [1.807, 2.05) is 28.8 Å². The summed E-state index contributed by atoms with van der Waals surface area (Å²) in [6.45, 7) is 5.11. The van der Waals surface area contributed by atoms with Gasteiger partial charge in [0.2, 0.25) is 5.91 Å². The first-order valence-electron chi connectivity index (χ1n) is 11.3. The highest BCUT2D eigenvalue weighted by atomic mass is 16.3. The minimum atomic E-state index is -0.821. The summed E-state index contributed by atoms with van der Waals surface area (Å²) >= 11 is 0. The Bertz CT molecular complexity index is 1090. The third kappa shape index (κ3) is 4.22. The van der Waals surface area contributed by atoms with E-state index < -0.39 is 5.60 Å². The smallest absolute Gasteiger partial charge is 0.219 e. The molecule has 2 fully saturated rings. The number of aliphatic hydroxyl groups is 1. The lowest BCUT2D eigenvalue weighted by Crippen LogP contribution is -2.56. The summed E-state index contributed by atoms with van der Waals surface area (Å²) in [7, 11) is 0. The van der Waals surface area contributed by atoms with E-state index in [1.54, 1.807) is 24.2 Å². The van der Waals surface area contributed by atoms with Crippen molar-refractivity contribution in [3.05, 3.63) is 42.5 Å². The molecule has 3 aromatic rings. The maximum atomic E-state index is 11.8. The van der Waals surface area contributed by atoms with Gasteiger partial charge in [0.05, 0.1) is 17.8 Å². The van der Waals surface area contributed by atoms with Crippen LogP contribution < -0.4 is 0 Å². The van der Waals surface area contributed by atoms with E-state index in [4.69, 9.17) is 5.10 Å². The SMILES string of the molecule is CC(=O)N1CCCC(O)(CN2CCC(c3nnc4ccc(-c5cccnc5)nn34)CC2)C1. The van der Waals surface area contributed by atoms with Crippen molar-refractivity contribution in [2.45, 2.75) is 44.1 Å². The van der Waals surface area contributed by atoms with Crippen LogP contribution in [0.15, 0.2) is 36.7 Å². The molecule has 1 amide bonds. The fourth-order valence-electron chi connectivity index (χ4n) is 5.00. The lowest BCUT2D eigenvalue weighted by Gasteiger charge is -2.43. The Morgan fingerprint density at radius 3 is 2.78 bits per heavy atom. The van der Waals surface area contributed by atoms with Crippen molar-refractivity contribution < 1.29 is 9.90 Å². The highest BCUT2D eigenvalue weighted by Gasteiger charge is 2.37. The fourth-order valence-corrected chi connectivity index (χ4v) is 5.00. The first-order chi connectivity index (χ1) is 15.5. The molecular formula is C23H29N7O2. The Labute approximate surface area is 187 Å². The van der Waals surface area contributed by atoms with E-state index >= 15 is 0 Å². The number of pyridine rings is 1. The molecule has 3 aromatic heterocycles. The molecule has 0 bridgehead atoms. The zero-order chi connectivity index (χ0) is 22.1. The van der Waals surface area contributed by atoms with Gasteiger partial charge in [-0.1, -0.05) is 0 Å². The van der Waals surface area contributed by atoms with Gasteiger partial charge in [0.25, 0.3) is 0 Å². The predicted octanol–water partition coefficient (Wildman–Crippen LogP) is 1.74. The first-order valence-corrected chi connectivity index (χ1v) is 11.3. The van der Waals surface area contributed by atoms with Gasteiger partial charge in [0.15, 0.2) is 11.5 Å². The molecule has 1 unspecified atom stereocenters. The van der Waals surface area contributed by atoms with Crippen LogP contribution in [0, 0.1) is 0 Å². The van der Waals surface area contributed by atoms with Crippen LogP contribution in [0.1, 0.15) is 44.3 Å². The molecule has 0 aliphatic carbocycles. The normalized spacial score (nSPS) is 23.0. The maximum Gasteiger partial charge on any atom is 0.219 e. The Hall–Kier alpha value is -2.91. The third-order valence-electron chi connectivity index (χ3n) is 6.72. The van der Waals surface area contributed by atoms with E-state index in [0.29, 0.717) is 13.1 Å². The molecule has 2 aliphatic rings. The Morgan fingerprint density at radius 2 is 2.03 bits per heavy atom. The molecule has 32 heavy (non-hydrogen) atoms. The number of carbonyl (C=O) groups excluding carboxylic acids is 1. The number of hydrogen-bond donors (Lipinski definition) is 1. The van der Waals surface area contributed by atoms with E-state index in [1.165, 1.54) is 0 Å². The maximum absolute atomic E-state index is 11.8. The molecule has 0 spiro atoms. The minimum Gasteiger partial charge on any atom is -0.387 e. The molecule has 9 heteroatoms. The number of hydrogen-bond acceptors (Lipinski definition) is 7. The number of likely N-dealkylation sites (tertiary alicyclic amines) is 2. The van der Waals surface area contributed by atoms with Crippen LogP contribution in [0.3, 0.4) is 0 Å². The second-order valence-corrected chi connectivity index (χ2v) is 9.11. The molecule has 0 radical (unpaired) electrons. The fraction of sp³-hybridized carbons (Fsp3) is 0.522. The average molecular weight is 436 g/mol. The predicted molar refractivity (Wildman–Crippen MR) is 119 cm³/mol. The zero-order valence-corrected chi connectivity index (χ0v) is 18.4. The van der Waals surface area contributed by atoms with Gasteiger partial charge in [-0.05, 0) is 63.0 Å².